The number of halogens is 1. The third kappa shape index (κ3) is 3.75. The SMILES string of the molecule is CCOC(=O)CNC(=O)c1cccc(Cl)c1C. The van der Waals surface area contributed by atoms with Crippen molar-refractivity contribution in [2.45, 2.75) is 13.8 Å². The minimum atomic E-state index is -0.458. The Balaban J connectivity index is 2.64. The van der Waals surface area contributed by atoms with Gasteiger partial charge in [-0.1, -0.05) is 17.7 Å². The Bertz CT molecular complexity index is 432. The monoisotopic (exact) mass is 255 g/mol. The van der Waals surface area contributed by atoms with Gasteiger partial charge in [0.25, 0.3) is 5.91 Å². The van der Waals surface area contributed by atoms with E-state index in [9.17, 15) is 9.59 Å². The van der Waals surface area contributed by atoms with Crippen LogP contribution in [0.15, 0.2) is 18.2 Å². The fraction of sp³-hybridized carbons (Fsp3) is 0.333. The molecule has 1 amide bonds. The number of hydrogen-bond donors (Lipinski definition) is 1. The summed E-state index contributed by atoms with van der Waals surface area (Å²) >= 11 is 5.90. The summed E-state index contributed by atoms with van der Waals surface area (Å²) in [6.45, 7) is 3.62. The highest BCUT2D eigenvalue weighted by Gasteiger charge is 2.12. The van der Waals surface area contributed by atoms with E-state index >= 15 is 0 Å². The molecule has 0 radical (unpaired) electrons. The van der Waals surface area contributed by atoms with Crippen LogP contribution in [-0.4, -0.2) is 25.0 Å². The number of esters is 1. The molecule has 0 aliphatic carbocycles. The average Bonchev–Trinajstić information content (AvgIpc) is 2.30. The Morgan fingerprint density at radius 1 is 1.41 bits per heavy atom. The van der Waals surface area contributed by atoms with E-state index in [0.717, 1.165) is 0 Å². The lowest BCUT2D eigenvalue weighted by atomic mass is 10.1. The van der Waals surface area contributed by atoms with Crippen LogP contribution in [0.2, 0.25) is 5.02 Å². The normalized spacial score (nSPS) is 9.82. The van der Waals surface area contributed by atoms with Crippen LogP contribution in [0.4, 0.5) is 0 Å². The predicted molar refractivity (Wildman–Crippen MR) is 65.2 cm³/mol. The van der Waals surface area contributed by atoms with E-state index in [2.05, 4.69) is 5.32 Å². The summed E-state index contributed by atoms with van der Waals surface area (Å²) in [5, 5.41) is 3.00. The number of carbonyl (C=O) groups excluding carboxylic acids is 2. The van der Waals surface area contributed by atoms with E-state index in [1.165, 1.54) is 0 Å². The second-order valence-corrected chi connectivity index (χ2v) is 3.81. The third-order valence-electron chi connectivity index (χ3n) is 2.21. The van der Waals surface area contributed by atoms with Crippen molar-refractivity contribution in [3.63, 3.8) is 0 Å². The van der Waals surface area contributed by atoms with Gasteiger partial charge in [-0.3, -0.25) is 9.59 Å². The van der Waals surface area contributed by atoms with Crippen molar-refractivity contribution in [2.24, 2.45) is 0 Å². The number of benzene rings is 1. The fourth-order valence-corrected chi connectivity index (χ4v) is 1.49. The summed E-state index contributed by atoms with van der Waals surface area (Å²) in [6, 6.07) is 5.05. The van der Waals surface area contributed by atoms with Crippen LogP contribution < -0.4 is 5.32 Å². The Kier molecular flexibility index (Phi) is 4.97. The van der Waals surface area contributed by atoms with Gasteiger partial charge >= 0.3 is 5.97 Å². The molecule has 5 heteroatoms. The zero-order valence-electron chi connectivity index (χ0n) is 9.75. The van der Waals surface area contributed by atoms with Gasteiger partial charge in [-0.2, -0.15) is 0 Å². The Morgan fingerprint density at radius 3 is 2.76 bits per heavy atom. The molecule has 1 aromatic carbocycles. The summed E-state index contributed by atoms with van der Waals surface area (Å²) in [5.74, 6) is -0.793. The van der Waals surface area contributed by atoms with Crippen molar-refractivity contribution in [3.8, 4) is 0 Å². The maximum Gasteiger partial charge on any atom is 0.325 e. The van der Waals surface area contributed by atoms with E-state index in [1.807, 2.05) is 0 Å². The first-order valence-electron chi connectivity index (χ1n) is 5.25. The highest BCUT2D eigenvalue weighted by molar-refractivity contribution is 6.31. The zero-order valence-corrected chi connectivity index (χ0v) is 10.5. The second kappa shape index (κ2) is 6.25. The minimum Gasteiger partial charge on any atom is -0.465 e. The topological polar surface area (TPSA) is 55.4 Å². The van der Waals surface area contributed by atoms with Crippen LogP contribution in [0.5, 0.6) is 0 Å². The van der Waals surface area contributed by atoms with Crippen LogP contribution in [-0.2, 0) is 9.53 Å². The number of amides is 1. The maximum atomic E-state index is 11.7. The maximum absolute atomic E-state index is 11.7. The van der Waals surface area contributed by atoms with Crippen molar-refractivity contribution >= 4 is 23.5 Å². The van der Waals surface area contributed by atoms with E-state index in [1.54, 1.807) is 32.0 Å². The molecule has 0 spiro atoms. The molecule has 0 atom stereocenters. The number of rotatable bonds is 4. The van der Waals surface area contributed by atoms with Crippen molar-refractivity contribution in [1.29, 1.82) is 0 Å². The predicted octanol–water partition coefficient (Wildman–Crippen LogP) is 1.94. The summed E-state index contributed by atoms with van der Waals surface area (Å²) in [4.78, 5) is 22.8. The molecule has 0 fully saturated rings. The van der Waals surface area contributed by atoms with Crippen molar-refractivity contribution < 1.29 is 14.3 Å². The molecule has 0 aliphatic rings. The van der Waals surface area contributed by atoms with Crippen molar-refractivity contribution in [3.05, 3.63) is 34.3 Å². The van der Waals surface area contributed by atoms with Gasteiger partial charge in [-0.05, 0) is 31.5 Å². The summed E-state index contributed by atoms with van der Waals surface area (Å²) in [6.07, 6.45) is 0. The van der Waals surface area contributed by atoms with E-state index in [0.29, 0.717) is 22.8 Å². The van der Waals surface area contributed by atoms with E-state index in [-0.39, 0.29) is 12.5 Å². The molecule has 0 unspecified atom stereocenters. The van der Waals surface area contributed by atoms with Gasteiger partial charge < -0.3 is 10.1 Å². The quantitative estimate of drug-likeness (QED) is 0.837. The first kappa shape index (κ1) is 13.5. The number of nitrogens with one attached hydrogen (secondary N) is 1. The van der Waals surface area contributed by atoms with Crippen LogP contribution in [0.1, 0.15) is 22.8 Å². The summed E-state index contributed by atoms with van der Waals surface area (Å²) in [5.41, 5.74) is 1.15. The molecule has 0 aliphatic heterocycles. The zero-order chi connectivity index (χ0) is 12.8. The second-order valence-electron chi connectivity index (χ2n) is 3.40. The van der Waals surface area contributed by atoms with Gasteiger partial charge in [0.1, 0.15) is 6.54 Å². The van der Waals surface area contributed by atoms with Crippen LogP contribution in [0.25, 0.3) is 0 Å². The first-order chi connectivity index (χ1) is 8.06. The highest BCUT2D eigenvalue weighted by atomic mass is 35.5. The van der Waals surface area contributed by atoms with Crippen molar-refractivity contribution in [2.75, 3.05) is 13.2 Å². The Labute approximate surface area is 105 Å². The lowest BCUT2D eigenvalue weighted by molar-refractivity contribution is -0.141. The van der Waals surface area contributed by atoms with Crippen LogP contribution in [0, 0.1) is 6.92 Å². The smallest absolute Gasteiger partial charge is 0.325 e. The molecule has 1 aromatic rings. The van der Waals surface area contributed by atoms with Crippen LogP contribution >= 0.6 is 11.6 Å². The molecule has 1 N–H and O–H groups in total. The number of ether oxygens (including phenoxy) is 1. The molecule has 1 rings (SSSR count). The molecule has 0 saturated carbocycles. The largest absolute Gasteiger partial charge is 0.465 e. The van der Waals surface area contributed by atoms with Crippen molar-refractivity contribution in [1.82, 2.24) is 5.32 Å². The molecule has 0 saturated heterocycles. The standard InChI is InChI=1S/C12H14ClNO3/c1-3-17-11(15)7-14-12(16)9-5-4-6-10(13)8(9)2/h4-6H,3,7H2,1-2H3,(H,14,16). The molecule has 4 nitrogen and oxygen atoms in total. The van der Waals surface area contributed by atoms with E-state index < -0.39 is 5.97 Å². The lowest BCUT2D eigenvalue weighted by Crippen LogP contribution is -2.31. The molecular formula is C12H14ClNO3. The first-order valence-corrected chi connectivity index (χ1v) is 5.63. The van der Waals surface area contributed by atoms with Gasteiger partial charge in [0.2, 0.25) is 0 Å². The van der Waals surface area contributed by atoms with Gasteiger partial charge in [-0.25, -0.2) is 0 Å². The fourth-order valence-electron chi connectivity index (χ4n) is 1.31. The van der Waals surface area contributed by atoms with Gasteiger partial charge in [0.15, 0.2) is 0 Å². The summed E-state index contributed by atoms with van der Waals surface area (Å²) < 4.78 is 4.70. The summed E-state index contributed by atoms with van der Waals surface area (Å²) in [7, 11) is 0. The van der Waals surface area contributed by atoms with E-state index in [4.69, 9.17) is 16.3 Å². The van der Waals surface area contributed by atoms with Gasteiger partial charge in [-0.15, -0.1) is 0 Å². The lowest BCUT2D eigenvalue weighted by Gasteiger charge is -2.08. The minimum absolute atomic E-state index is 0.140. The Hall–Kier alpha value is -1.55. The average molecular weight is 256 g/mol. The third-order valence-corrected chi connectivity index (χ3v) is 2.62. The van der Waals surface area contributed by atoms with Gasteiger partial charge in [0, 0.05) is 10.6 Å². The Morgan fingerprint density at radius 2 is 2.12 bits per heavy atom. The molecule has 17 heavy (non-hydrogen) atoms. The number of carbonyl (C=O) groups is 2. The number of hydrogen-bond acceptors (Lipinski definition) is 3. The molecule has 92 valence electrons. The molecule has 0 bridgehead atoms. The molecule has 0 aromatic heterocycles. The molecule has 0 heterocycles. The van der Waals surface area contributed by atoms with Gasteiger partial charge in [0.05, 0.1) is 6.61 Å². The molecular weight excluding hydrogens is 242 g/mol. The van der Waals surface area contributed by atoms with Crippen LogP contribution in [0.3, 0.4) is 0 Å². The highest BCUT2D eigenvalue weighted by Crippen LogP contribution is 2.18.